The standard InChI is InChI=1S/C29H33FN6O6S.C29H31FN6O6S.C15H19FO4.C14H14N6O3S.C4H8O/c2*1-16-24-26(39)35(21-10-13-33(2)25(21)38)29(40)34(28(24)43-27(16)36-31-11-12-32-36)15-23(42-19-7-5-18(37)6-8-19)20-14-17(30)4-9-22(20)41-3;1-19-14-7-2-10(16)8-13(14)15(9-17)20-12-5-3-11(18)4-6-12;1-7-9-10(24-13(7)20-15-4-5-16-20)17-14(23)19(12(9)22)8-3-6-18(2)11(8)21;1-2-4-5-3-1/h4,9,11-12,14,18-19,21,23,37H,5-8,10,13,15H2,1-3H3;4,9,11-12,14,19,21,23H,5-8,10,13,15H2,1-3H3;2,7-8,12,15,17H,3-6,9H2,1H3;4-5,8H,3,6H2,1-2H3,(H,17,23);1-4H2/t18?,19?,21-,23+;21-,23+;15-;8-;/m1101./s1. The Morgan fingerprint density at radius 2 is 0.778 bits per heavy atom. The fraction of sp³-hybridized carbons (Fsp3) is 0.484. The number of aliphatic hydroxyl groups excluding tert-OH is 2. The number of aromatic amines is 1. The third-order valence-corrected chi connectivity index (χ3v) is 29.1. The fourth-order valence-corrected chi connectivity index (χ4v) is 21.6. The molecule has 38 nitrogen and oxygen atoms in total. The van der Waals surface area contributed by atoms with Crippen molar-refractivity contribution in [1.82, 2.24) is 87.5 Å². The summed E-state index contributed by atoms with van der Waals surface area (Å²) < 4.78 is 88.8. The first-order valence-electron chi connectivity index (χ1n) is 44.5. The van der Waals surface area contributed by atoms with E-state index in [9.17, 15) is 76.1 Å². The smallest absolute Gasteiger partial charge is 0.332 e. The zero-order valence-electron chi connectivity index (χ0n) is 75.8. The van der Waals surface area contributed by atoms with Crippen LogP contribution in [0.4, 0.5) is 13.2 Å². The minimum atomic E-state index is -0.960. The van der Waals surface area contributed by atoms with Gasteiger partial charge in [-0.15, -0.1) is 14.4 Å². The zero-order valence-corrected chi connectivity index (χ0v) is 78.3. The molecule has 7 fully saturated rings. The molecular formula is C91H105F3N18O20S3. The van der Waals surface area contributed by atoms with Crippen LogP contribution in [0.15, 0.2) is 121 Å². The normalized spacial score (nSPS) is 19.6. The van der Waals surface area contributed by atoms with Crippen molar-refractivity contribution in [2.24, 2.45) is 0 Å². The quantitative estimate of drug-likeness (QED) is 0.0537. The number of aryl methyl sites for hydroxylation is 3. The molecule has 3 amide bonds. The van der Waals surface area contributed by atoms with Crippen LogP contribution < -0.4 is 48.0 Å². The van der Waals surface area contributed by atoms with E-state index in [1.807, 2.05) is 0 Å². The van der Waals surface area contributed by atoms with Crippen LogP contribution in [0.5, 0.6) is 17.2 Å². The van der Waals surface area contributed by atoms with E-state index in [1.54, 1.807) is 41.9 Å². The maximum absolute atomic E-state index is 14.6. The van der Waals surface area contributed by atoms with Crippen molar-refractivity contribution in [1.29, 1.82) is 0 Å². The maximum atomic E-state index is 14.6. The number of rotatable bonds is 23. The number of hydrogen-bond donors (Lipinski definition) is 3. The van der Waals surface area contributed by atoms with Gasteiger partial charge in [-0.25, -0.2) is 41.3 Å². The van der Waals surface area contributed by atoms with Gasteiger partial charge in [-0.1, -0.05) is 34.0 Å². The number of methoxy groups -OCH3 is 3. The summed E-state index contributed by atoms with van der Waals surface area (Å²) >= 11 is 3.59. The van der Waals surface area contributed by atoms with Gasteiger partial charge in [0.15, 0.2) is 0 Å². The van der Waals surface area contributed by atoms with Gasteiger partial charge < -0.3 is 58.1 Å². The lowest BCUT2D eigenvalue weighted by atomic mass is 9.94. The number of likely N-dealkylation sites (tertiary alicyclic amines) is 3. The van der Waals surface area contributed by atoms with Gasteiger partial charge in [-0.05, 0) is 159 Å². The molecule has 12 aromatic rings. The van der Waals surface area contributed by atoms with Gasteiger partial charge in [-0.2, -0.15) is 30.6 Å². The first-order chi connectivity index (χ1) is 65.0. The van der Waals surface area contributed by atoms with E-state index in [-0.39, 0.29) is 78.1 Å². The monoisotopic (exact) mass is 1920 g/mol. The van der Waals surface area contributed by atoms with Gasteiger partial charge in [0.2, 0.25) is 17.7 Å². The number of H-pyrrole nitrogens is 1. The van der Waals surface area contributed by atoms with Gasteiger partial charge >= 0.3 is 17.1 Å². The molecule has 135 heavy (non-hydrogen) atoms. The Morgan fingerprint density at radius 1 is 0.444 bits per heavy atom. The molecule has 3 N–H and O–H groups in total. The molecule has 19 rings (SSSR count). The predicted molar refractivity (Wildman–Crippen MR) is 490 cm³/mol. The largest absolute Gasteiger partial charge is 0.496 e. The Hall–Kier alpha value is -12.3. The van der Waals surface area contributed by atoms with E-state index in [4.69, 9.17) is 33.2 Å². The first-order valence-corrected chi connectivity index (χ1v) is 47.0. The molecule has 44 heteroatoms. The van der Waals surface area contributed by atoms with E-state index >= 15 is 0 Å². The van der Waals surface area contributed by atoms with Crippen LogP contribution in [-0.4, -0.2) is 233 Å². The highest BCUT2D eigenvalue weighted by Crippen LogP contribution is 2.41. The molecule has 0 unspecified atom stereocenters. The van der Waals surface area contributed by atoms with E-state index < -0.39 is 93.7 Å². The molecule has 0 spiro atoms. The number of aromatic nitrogens is 15. The summed E-state index contributed by atoms with van der Waals surface area (Å²) in [7, 11) is 9.37. The topological polar surface area (TPSA) is 435 Å². The number of carbonyl (C=O) groups is 5. The highest BCUT2D eigenvalue weighted by Gasteiger charge is 2.41. The number of hydrogen-bond acceptors (Lipinski definition) is 29. The number of nitrogens with zero attached hydrogens (tertiary/aromatic N) is 17. The second-order valence-corrected chi connectivity index (χ2v) is 36.9. The number of amides is 3. The van der Waals surface area contributed by atoms with E-state index in [0.29, 0.717) is 201 Å². The number of halogens is 3. The van der Waals surface area contributed by atoms with Crippen LogP contribution in [0.3, 0.4) is 0 Å². The molecule has 7 aliphatic rings. The third-order valence-electron chi connectivity index (χ3n) is 25.4. The van der Waals surface area contributed by atoms with E-state index in [2.05, 4.69) is 35.6 Å². The SMILES string of the molecule is C1CCOC1.COc1ccc(F)cc1[C@H](CO)OC1CCC(=O)CC1.COc1ccc(F)cc1[C@H](Cn1c(=O)n([C@@H]2CCN(C)C2=O)c(=O)c2c(C)c(-n3nccn3)sc21)OC1CCC(=O)CC1.COc1ccc(F)cc1[C@H](Cn1c(=O)n([C@@H]2CCN(C)C2=O)c(=O)c2c(C)c(-n3nccn3)sc21)OC1CCC(O)CC1.Cc1c(-n2nccn2)sc2[nH]c(=O)n([C@@H]3CCN(C)C3=O)c(=O)c12. The van der Waals surface area contributed by atoms with Crippen LogP contribution in [0.25, 0.3) is 45.7 Å². The van der Waals surface area contributed by atoms with Crippen molar-refractivity contribution in [2.75, 3.05) is 81.9 Å². The lowest BCUT2D eigenvalue weighted by Crippen LogP contribution is -2.45. The molecule has 3 saturated carbocycles. The molecule has 4 aliphatic heterocycles. The number of likely N-dealkylation sites (N-methyl/N-ethyl adjacent to an activating group) is 3. The number of thiophene rings is 3. The van der Waals surface area contributed by atoms with Gasteiger partial charge in [0, 0.05) is 113 Å². The molecule has 0 radical (unpaired) electrons. The molecule has 6 atom stereocenters. The maximum Gasteiger partial charge on any atom is 0.332 e. The van der Waals surface area contributed by atoms with E-state index in [0.717, 1.165) is 26.9 Å². The number of ether oxygens (including phenoxy) is 7. The Balaban J connectivity index is 0.000000140. The van der Waals surface area contributed by atoms with Gasteiger partial charge in [0.1, 0.15) is 112 Å². The summed E-state index contributed by atoms with van der Waals surface area (Å²) in [5.74, 6) is -0.621. The van der Waals surface area contributed by atoms with Crippen LogP contribution in [0, 0.1) is 38.2 Å². The van der Waals surface area contributed by atoms with Crippen LogP contribution >= 0.6 is 34.0 Å². The first kappa shape index (κ1) is 97.2. The molecule has 3 aromatic carbocycles. The van der Waals surface area contributed by atoms with Crippen molar-refractivity contribution < 1.29 is 80.5 Å². The average Bonchev–Trinajstić information content (AvgIpc) is 1.60. The number of benzene rings is 3. The van der Waals surface area contributed by atoms with Gasteiger partial charge in [-0.3, -0.25) is 52.5 Å². The average molecular weight is 1920 g/mol. The summed E-state index contributed by atoms with van der Waals surface area (Å²) in [6, 6.07) is 9.67. The molecule has 0 bridgehead atoms. The molecule has 718 valence electrons. The number of nitrogens with one attached hydrogen (secondary N) is 1. The number of fused-ring (bicyclic) bond motifs is 3. The van der Waals surface area contributed by atoms with Crippen LogP contribution in [0.2, 0.25) is 0 Å². The fourth-order valence-electron chi connectivity index (χ4n) is 18.1. The van der Waals surface area contributed by atoms with Crippen molar-refractivity contribution in [3.8, 4) is 32.3 Å². The number of carbonyl (C=O) groups excluding carboxylic acids is 5. The van der Waals surface area contributed by atoms with Crippen LogP contribution in [-0.2, 0) is 56.0 Å². The molecule has 3 aliphatic carbocycles. The second-order valence-electron chi connectivity index (χ2n) is 34.0. The Bertz CT molecular complexity index is 6710. The molecular weight excluding hydrogens is 1820 g/mol. The highest BCUT2D eigenvalue weighted by atomic mass is 32.1. The predicted octanol–water partition coefficient (Wildman–Crippen LogP) is 8.90. The van der Waals surface area contributed by atoms with Crippen molar-refractivity contribution >= 4 is 93.9 Å². The van der Waals surface area contributed by atoms with Crippen LogP contribution in [0.1, 0.15) is 179 Å². The minimum absolute atomic E-state index is 0.0853. The molecule has 9 aromatic heterocycles. The number of ketones is 2. The lowest BCUT2D eigenvalue weighted by molar-refractivity contribution is -0.130. The van der Waals surface area contributed by atoms with Gasteiger partial charge in [0.05, 0.1) is 119 Å². The minimum Gasteiger partial charge on any atom is -0.496 e. The van der Waals surface area contributed by atoms with Gasteiger partial charge in [0.25, 0.3) is 16.7 Å². The Morgan fingerprint density at radius 3 is 1.12 bits per heavy atom. The lowest BCUT2D eigenvalue weighted by Gasteiger charge is -2.31. The Labute approximate surface area is 780 Å². The van der Waals surface area contributed by atoms with Crippen molar-refractivity contribution in [2.45, 2.75) is 204 Å². The van der Waals surface area contributed by atoms with E-state index in [1.165, 1.54) is 198 Å². The number of aliphatic hydroxyl groups is 2. The number of Topliss-reactive ketones (excluding diaryl/α,β-unsaturated/α-hetero) is 2. The third kappa shape index (κ3) is 20.8. The summed E-state index contributed by atoms with van der Waals surface area (Å²) in [5, 5.41) is 47.3. The summed E-state index contributed by atoms with van der Waals surface area (Å²) in [5.41, 5.74) is -0.364. The van der Waals surface area contributed by atoms with Crippen molar-refractivity contribution in [3.63, 3.8) is 0 Å². The van der Waals surface area contributed by atoms with Crippen molar-refractivity contribution in [3.05, 3.63) is 205 Å². The highest BCUT2D eigenvalue weighted by molar-refractivity contribution is 7.22. The molecule has 13 heterocycles. The Kier molecular flexibility index (Phi) is 30.8. The zero-order chi connectivity index (χ0) is 95.9. The summed E-state index contributed by atoms with van der Waals surface area (Å²) in [6.07, 6.45) is 15.7. The summed E-state index contributed by atoms with van der Waals surface area (Å²) in [6.45, 7) is 8.19. The second kappa shape index (κ2) is 42.7. The molecule has 4 saturated heterocycles. The summed E-state index contributed by atoms with van der Waals surface area (Å²) in [4.78, 5) is 156.